The lowest BCUT2D eigenvalue weighted by molar-refractivity contribution is 0.868. The smallest absolute Gasteiger partial charge is 0.128 e. The number of benzene rings is 1. The molecule has 0 saturated heterocycles. The van der Waals surface area contributed by atoms with Crippen LogP contribution in [0.1, 0.15) is 17.2 Å². The van der Waals surface area contributed by atoms with Crippen LogP contribution in [0, 0.1) is 0 Å². The number of nitrogens with two attached hydrogens (primary N) is 2. The first-order chi connectivity index (χ1) is 7.68. The second kappa shape index (κ2) is 4.51. The van der Waals surface area contributed by atoms with Crippen molar-refractivity contribution in [2.45, 2.75) is 6.04 Å². The van der Waals surface area contributed by atoms with Crippen molar-refractivity contribution in [1.29, 1.82) is 0 Å². The van der Waals surface area contributed by atoms with Gasteiger partial charge in [-0.1, -0.05) is 29.8 Å². The highest BCUT2D eigenvalue weighted by molar-refractivity contribution is 6.30. The van der Waals surface area contributed by atoms with Crippen LogP contribution >= 0.6 is 11.6 Å². The lowest BCUT2D eigenvalue weighted by Crippen LogP contribution is -2.14. The van der Waals surface area contributed by atoms with Crippen molar-refractivity contribution in [1.82, 2.24) is 4.98 Å². The second-order valence-electron chi connectivity index (χ2n) is 3.51. The summed E-state index contributed by atoms with van der Waals surface area (Å²) in [5, 5.41) is 0.662. The molecule has 0 aliphatic rings. The summed E-state index contributed by atoms with van der Waals surface area (Å²) in [6, 6.07) is 10.8. The summed E-state index contributed by atoms with van der Waals surface area (Å²) >= 11 is 5.91. The Hall–Kier alpha value is -1.58. The van der Waals surface area contributed by atoms with Crippen molar-refractivity contribution in [3.05, 3.63) is 58.7 Å². The van der Waals surface area contributed by atoms with Gasteiger partial charge < -0.3 is 11.5 Å². The number of anilines is 1. The first-order valence-corrected chi connectivity index (χ1v) is 5.27. The highest BCUT2D eigenvalue weighted by Crippen LogP contribution is 2.24. The number of nitrogen functional groups attached to an aromatic ring is 1. The number of pyridine rings is 1. The van der Waals surface area contributed by atoms with Crippen molar-refractivity contribution < 1.29 is 0 Å². The van der Waals surface area contributed by atoms with Gasteiger partial charge in [-0.25, -0.2) is 4.98 Å². The van der Waals surface area contributed by atoms with E-state index < -0.39 is 0 Å². The average molecular weight is 234 g/mol. The van der Waals surface area contributed by atoms with Crippen LogP contribution in [0.3, 0.4) is 0 Å². The molecule has 1 heterocycles. The first kappa shape index (κ1) is 10.9. The number of rotatable bonds is 2. The lowest BCUT2D eigenvalue weighted by atomic mass is 10.0. The van der Waals surface area contributed by atoms with Crippen LogP contribution in [0.15, 0.2) is 42.6 Å². The maximum atomic E-state index is 6.11. The molecule has 1 atom stereocenters. The molecule has 1 unspecified atom stereocenters. The maximum Gasteiger partial charge on any atom is 0.128 e. The van der Waals surface area contributed by atoms with Crippen molar-refractivity contribution in [2.24, 2.45) is 5.73 Å². The molecule has 0 aliphatic heterocycles. The van der Waals surface area contributed by atoms with E-state index in [9.17, 15) is 0 Å². The highest BCUT2D eigenvalue weighted by Gasteiger charge is 2.12. The summed E-state index contributed by atoms with van der Waals surface area (Å²) in [5.41, 5.74) is 13.6. The molecule has 1 aromatic heterocycles. The highest BCUT2D eigenvalue weighted by atomic mass is 35.5. The van der Waals surface area contributed by atoms with E-state index in [4.69, 9.17) is 23.1 Å². The van der Waals surface area contributed by atoms with Gasteiger partial charge in [0.05, 0.1) is 6.04 Å². The van der Waals surface area contributed by atoms with Crippen LogP contribution in [-0.2, 0) is 0 Å². The van der Waals surface area contributed by atoms with Gasteiger partial charge in [0, 0.05) is 16.8 Å². The molecule has 0 spiro atoms. The third-order valence-electron chi connectivity index (χ3n) is 2.41. The Kier molecular flexibility index (Phi) is 3.08. The fourth-order valence-corrected chi connectivity index (χ4v) is 1.77. The minimum absolute atomic E-state index is 0.299. The predicted octanol–water partition coefficient (Wildman–Crippen LogP) is 2.37. The van der Waals surface area contributed by atoms with E-state index in [1.807, 2.05) is 36.4 Å². The lowest BCUT2D eigenvalue weighted by Gasteiger charge is -2.14. The van der Waals surface area contributed by atoms with Crippen molar-refractivity contribution in [3.63, 3.8) is 0 Å². The number of aromatic nitrogens is 1. The quantitative estimate of drug-likeness (QED) is 0.837. The van der Waals surface area contributed by atoms with Gasteiger partial charge in [-0.05, 0) is 23.8 Å². The minimum Gasteiger partial charge on any atom is -0.383 e. The maximum absolute atomic E-state index is 6.11. The number of hydrogen-bond acceptors (Lipinski definition) is 3. The van der Waals surface area contributed by atoms with Crippen LogP contribution in [-0.4, -0.2) is 4.98 Å². The Morgan fingerprint density at radius 3 is 2.69 bits per heavy atom. The minimum atomic E-state index is -0.299. The molecule has 1 aromatic carbocycles. The number of hydrogen-bond donors (Lipinski definition) is 2. The molecule has 0 bridgehead atoms. The van der Waals surface area contributed by atoms with E-state index in [-0.39, 0.29) is 6.04 Å². The van der Waals surface area contributed by atoms with Crippen molar-refractivity contribution in [3.8, 4) is 0 Å². The molecular formula is C12H12ClN3. The molecule has 3 nitrogen and oxygen atoms in total. The number of halogens is 1. The van der Waals surface area contributed by atoms with Gasteiger partial charge in [0.25, 0.3) is 0 Å². The summed E-state index contributed by atoms with van der Waals surface area (Å²) in [4.78, 5) is 4.01. The van der Waals surface area contributed by atoms with Crippen LogP contribution in [0.25, 0.3) is 0 Å². The first-order valence-electron chi connectivity index (χ1n) is 4.90. The fraction of sp³-hybridized carbons (Fsp3) is 0.0833. The van der Waals surface area contributed by atoms with E-state index in [0.29, 0.717) is 10.8 Å². The molecule has 4 heteroatoms. The van der Waals surface area contributed by atoms with Gasteiger partial charge in [-0.2, -0.15) is 0 Å². The third kappa shape index (κ3) is 2.15. The van der Waals surface area contributed by atoms with E-state index in [1.54, 1.807) is 6.20 Å². The summed E-state index contributed by atoms with van der Waals surface area (Å²) in [6.07, 6.45) is 1.64. The molecule has 0 aliphatic carbocycles. The van der Waals surface area contributed by atoms with Crippen LogP contribution < -0.4 is 11.5 Å². The molecule has 0 saturated carbocycles. The molecule has 4 N–H and O–H groups in total. The van der Waals surface area contributed by atoms with Crippen molar-refractivity contribution in [2.75, 3.05) is 5.73 Å². The molecule has 16 heavy (non-hydrogen) atoms. The molecule has 0 fully saturated rings. The Morgan fingerprint density at radius 2 is 2.00 bits per heavy atom. The van der Waals surface area contributed by atoms with Crippen LogP contribution in [0.2, 0.25) is 5.02 Å². The Labute approximate surface area is 99.1 Å². The summed E-state index contributed by atoms with van der Waals surface area (Å²) in [5.74, 6) is 0.454. The largest absolute Gasteiger partial charge is 0.383 e. The standard InChI is InChI=1S/C12H12ClN3/c13-9-4-1-3-8(7-9)11(14)10-5-2-6-16-12(10)15/h1-7,11H,14H2,(H2,15,16). The SMILES string of the molecule is Nc1ncccc1C(N)c1cccc(Cl)c1. The van der Waals surface area contributed by atoms with E-state index >= 15 is 0 Å². The van der Waals surface area contributed by atoms with E-state index in [0.717, 1.165) is 11.1 Å². The van der Waals surface area contributed by atoms with Gasteiger partial charge >= 0.3 is 0 Å². The Bertz CT molecular complexity index is 499. The molecule has 2 aromatic rings. The summed E-state index contributed by atoms with van der Waals surface area (Å²) in [6.45, 7) is 0. The molecule has 0 amide bonds. The monoisotopic (exact) mass is 233 g/mol. The molecule has 82 valence electrons. The zero-order chi connectivity index (χ0) is 11.5. The summed E-state index contributed by atoms with van der Waals surface area (Å²) < 4.78 is 0. The fourth-order valence-electron chi connectivity index (χ4n) is 1.57. The Morgan fingerprint density at radius 1 is 1.19 bits per heavy atom. The van der Waals surface area contributed by atoms with Gasteiger partial charge in [0.15, 0.2) is 0 Å². The topological polar surface area (TPSA) is 64.9 Å². The third-order valence-corrected chi connectivity index (χ3v) is 2.65. The zero-order valence-corrected chi connectivity index (χ0v) is 9.35. The molecule has 2 rings (SSSR count). The second-order valence-corrected chi connectivity index (χ2v) is 3.95. The Balaban J connectivity index is 2.39. The van der Waals surface area contributed by atoms with Gasteiger partial charge in [0.2, 0.25) is 0 Å². The van der Waals surface area contributed by atoms with E-state index in [2.05, 4.69) is 4.98 Å². The van der Waals surface area contributed by atoms with E-state index in [1.165, 1.54) is 0 Å². The van der Waals surface area contributed by atoms with Gasteiger partial charge in [-0.15, -0.1) is 0 Å². The average Bonchev–Trinajstić information content (AvgIpc) is 2.29. The van der Waals surface area contributed by atoms with Crippen LogP contribution in [0.5, 0.6) is 0 Å². The van der Waals surface area contributed by atoms with Gasteiger partial charge in [-0.3, -0.25) is 0 Å². The molecule has 0 radical (unpaired) electrons. The van der Waals surface area contributed by atoms with Crippen molar-refractivity contribution >= 4 is 17.4 Å². The number of nitrogens with zero attached hydrogens (tertiary/aromatic N) is 1. The van der Waals surface area contributed by atoms with Crippen LogP contribution in [0.4, 0.5) is 5.82 Å². The van der Waals surface area contributed by atoms with Gasteiger partial charge in [0.1, 0.15) is 5.82 Å². The normalized spacial score (nSPS) is 12.4. The molecular weight excluding hydrogens is 222 g/mol. The predicted molar refractivity (Wildman–Crippen MR) is 66.1 cm³/mol. The summed E-state index contributed by atoms with van der Waals surface area (Å²) in [7, 11) is 0. The zero-order valence-electron chi connectivity index (χ0n) is 8.60.